The lowest BCUT2D eigenvalue weighted by Crippen LogP contribution is -2.14. The van der Waals surface area contributed by atoms with Gasteiger partial charge in [-0.1, -0.05) is 0 Å². The standard InChI is InChI=1S/C9H10N4S/c10-7(5-9-12-3-4-14-9)8-1-2-11-6-13-8/h1-4,6-7H,5,10H2. The molecule has 5 heteroatoms. The molecule has 1 unspecified atom stereocenters. The molecule has 0 saturated carbocycles. The Morgan fingerprint density at radius 3 is 2.93 bits per heavy atom. The Balaban J connectivity index is 2.07. The molecular formula is C9H10N4S. The van der Waals surface area contributed by atoms with E-state index >= 15 is 0 Å². The first-order valence-electron chi connectivity index (χ1n) is 4.26. The van der Waals surface area contributed by atoms with Gasteiger partial charge in [-0.15, -0.1) is 11.3 Å². The van der Waals surface area contributed by atoms with E-state index < -0.39 is 0 Å². The molecule has 0 aliphatic rings. The molecular weight excluding hydrogens is 196 g/mol. The summed E-state index contributed by atoms with van der Waals surface area (Å²) >= 11 is 1.61. The second-order valence-corrected chi connectivity index (χ2v) is 3.85. The van der Waals surface area contributed by atoms with Gasteiger partial charge in [-0.2, -0.15) is 0 Å². The number of aromatic nitrogens is 3. The number of hydrogen-bond donors (Lipinski definition) is 1. The minimum Gasteiger partial charge on any atom is -0.322 e. The van der Waals surface area contributed by atoms with Gasteiger partial charge in [0, 0.05) is 24.2 Å². The molecule has 0 aliphatic carbocycles. The van der Waals surface area contributed by atoms with Crippen molar-refractivity contribution in [3.8, 4) is 0 Å². The van der Waals surface area contributed by atoms with Crippen LogP contribution in [0.4, 0.5) is 0 Å². The van der Waals surface area contributed by atoms with E-state index in [0.717, 1.165) is 17.1 Å². The van der Waals surface area contributed by atoms with Crippen LogP contribution in [0.25, 0.3) is 0 Å². The summed E-state index contributed by atoms with van der Waals surface area (Å²) in [4.78, 5) is 12.1. The van der Waals surface area contributed by atoms with E-state index in [1.54, 1.807) is 23.7 Å². The minimum atomic E-state index is -0.0934. The summed E-state index contributed by atoms with van der Waals surface area (Å²) in [6, 6.07) is 1.74. The Bertz CT molecular complexity index is 373. The summed E-state index contributed by atoms with van der Waals surface area (Å²) in [5.41, 5.74) is 6.82. The van der Waals surface area contributed by atoms with Crippen molar-refractivity contribution in [1.29, 1.82) is 0 Å². The van der Waals surface area contributed by atoms with Gasteiger partial charge in [-0.3, -0.25) is 0 Å². The molecule has 0 fully saturated rings. The number of rotatable bonds is 3. The van der Waals surface area contributed by atoms with E-state index in [-0.39, 0.29) is 6.04 Å². The van der Waals surface area contributed by atoms with Gasteiger partial charge in [-0.25, -0.2) is 15.0 Å². The normalized spacial score (nSPS) is 12.6. The van der Waals surface area contributed by atoms with Crippen molar-refractivity contribution in [1.82, 2.24) is 15.0 Å². The van der Waals surface area contributed by atoms with Crippen LogP contribution < -0.4 is 5.73 Å². The Morgan fingerprint density at radius 2 is 2.29 bits per heavy atom. The summed E-state index contributed by atoms with van der Waals surface area (Å²) in [7, 11) is 0. The number of nitrogens with two attached hydrogens (primary N) is 1. The van der Waals surface area contributed by atoms with Crippen molar-refractivity contribution in [2.75, 3.05) is 0 Å². The molecule has 0 amide bonds. The van der Waals surface area contributed by atoms with Gasteiger partial charge in [0.05, 0.1) is 16.7 Å². The molecule has 0 aliphatic heterocycles. The molecule has 2 heterocycles. The van der Waals surface area contributed by atoms with Crippen LogP contribution in [0.1, 0.15) is 16.7 Å². The van der Waals surface area contributed by atoms with Crippen LogP contribution in [0.2, 0.25) is 0 Å². The summed E-state index contributed by atoms with van der Waals surface area (Å²) in [6.45, 7) is 0. The molecule has 2 aromatic rings. The van der Waals surface area contributed by atoms with Gasteiger partial charge in [-0.05, 0) is 6.07 Å². The monoisotopic (exact) mass is 206 g/mol. The van der Waals surface area contributed by atoms with E-state index in [1.165, 1.54) is 6.33 Å². The zero-order valence-electron chi connectivity index (χ0n) is 7.50. The van der Waals surface area contributed by atoms with Crippen molar-refractivity contribution < 1.29 is 0 Å². The zero-order valence-corrected chi connectivity index (χ0v) is 8.31. The molecule has 4 nitrogen and oxygen atoms in total. The summed E-state index contributed by atoms with van der Waals surface area (Å²) in [5, 5.41) is 2.98. The lowest BCUT2D eigenvalue weighted by Gasteiger charge is -2.07. The highest BCUT2D eigenvalue weighted by Gasteiger charge is 2.09. The fraction of sp³-hybridized carbons (Fsp3) is 0.222. The van der Waals surface area contributed by atoms with E-state index in [0.29, 0.717) is 0 Å². The molecule has 0 spiro atoms. The largest absolute Gasteiger partial charge is 0.322 e. The van der Waals surface area contributed by atoms with Crippen molar-refractivity contribution in [2.24, 2.45) is 5.73 Å². The van der Waals surface area contributed by atoms with Gasteiger partial charge in [0.1, 0.15) is 6.33 Å². The predicted octanol–water partition coefficient (Wildman–Crippen LogP) is 1.18. The van der Waals surface area contributed by atoms with Gasteiger partial charge < -0.3 is 5.73 Å². The van der Waals surface area contributed by atoms with Gasteiger partial charge in [0.2, 0.25) is 0 Å². The lowest BCUT2D eigenvalue weighted by atomic mass is 10.1. The predicted molar refractivity (Wildman–Crippen MR) is 54.8 cm³/mol. The zero-order chi connectivity index (χ0) is 9.80. The number of hydrogen-bond acceptors (Lipinski definition) is 5. The van der Waals surface area contributed by atoms with Crippen LogP contribution in [0.15, 0.2) is 30.2 Å². The SMILES string of the molecule is NC(Cc1nccs1)c1ccncn1. The molecule has 0 aromatic carbocycles. The second-order valence-electron chi connectivity index (χ2n) is 2.87. The van der Waals surface area contributed by atoms with Gasteiger partial charge in [0.25, 0.3) is 0 Å². The van der Waals surface area contributed by atoms with Gasteiger partial charge >= 0.3 is 0 Å². The van der Waals surface area contributed by atoms with Crippen molar-refractivity contribution in [2.45, 2.75) is 12.5 Å². The van der Waals surface area contributed by atoms with E-state index in [9.17, 15) is 0 Å². The quantitative estimate of drug-likeness (QED) is 0.818. The number of thiazole rings is 1. The van der Waals surface area contributed by atoms with Crippen LogP contribution in [0, 0.1) is 0 Å². The van der Waals surface area contributed by atoms with Crippen molar-refractivity contribution >= 4 is 11.3 Å². The highest BCUT2D eigenvalue weighted by atomic mass is 32.1. The summed E-state index contributed by atoms with van der Waals surface area (Å²) in [5.74, 6) is 0. The molecule has 72 valence electrons. The third-order valence-corrected chi connectivity index (χ3v) is 2.66. The summed E-state index contributed by atoms with van der Waals surface area (Å²) in [6.07, 6.45) is 5.72. The second kappa shape index (κ2) is 4.26. The molecule has 0 saturated heterocycles. The fourth-order valence-electron chi connectivity index (χ4n) is 1.17. The highest BCUT2D eigenvalue weighted by Crippen LogP contribution is 2.14. The average molecular weight is 206 g/mol. The molecule has 0 radical (unpaired) electrons. The van der Waals surface area contributed by atoms with E-state index in [1.807, 2.05) is 11.4 Å². The Hall–Kier alpha value is -1.33. The third-order valence-electron chi connectivity index (χ3n) is 1.86. The maximum absolute atomic E-state index is 5.96. The maximum atomic E-state index is 5.96. The van der Waals surface area contributed by atoms with Gasteiger partial charge in [0.15, 0.2) is 0 Å². The Morgan fingerprint density at radius 1 is 1.36 bits per heavy atom. The maximum Gasteiger partial charge on any atom is 0.115 e. The first-order valence-corrected chi connectivity index (χ1v) is 5.14. The Labute approximate surface area is 85.9 Å². The Kier molecular flexibility index (Phi) is 2.81. The average Bonchev–Trinajstić information content (AvgIpc) is 2.72. The number of nitrogens with zero attached hydrogens (tertiary/aromatic N) is 3. The summed E-state index contributed by atoms with van der Waals surface area (Å²) < 4.78 is 0. The smallest absolute Gasteiger partial charge is 0.115 e. The van der Waals surface area contributed by atoms with E-state index in [2.05, 4.69) is 15.0 Å². The van der Waals surface area contributed by atoms with Crippen molar-refractivity contribution in [3.63, 3.8) is 0 Å². The topological polar surface area (TPSA) is 64.7 Å². The fourth-order valence-corrected chi connectivity index (χ4v) is 1.84. The van der Waals surface area contributed by atoms with Crippen LogP contribution in [-0.2, 0) is 6.42 Å². The molecule has 0 bridgehead atoms. The molecule has 2 rings (SSSR count). The molecule has 14 heavy (non-hydrogen) atoms. The highest BCUT2D eigenvalue weighted by molar-refractivity contribution is 7.09. The van der Waals surface area contributed by atoms with Crippen LogP contribution in [-0.4, -0.2) is 15.0 Å². The molecule has 2 aromatic heterocycles. The lowest BCUT2D eigenvalue weighted by molar-refractivity contribution is 0.689. The van der Waals surface area contributed by atoms with Crippen molar-refractivity contribution in [3.05, 3.63) is 40.9 Å². The van der Waals surface area contributed by atoms with Crippen LogP contribution in [0.3, 0.4) is 0 Å². The molecule has 2 N–H and O–H groups in total. The minimum absolute atomic E-state index is 0.0934. The van der Waals surface area contributed by atoms with E-state index in [4.69, 9.17) is 5.73 Å². The van der Waals surface area contributed by atoms with Crippen LogP contribution in [0.5, 0.6) is 0 Å². The molecule has 1 atom stereocenters. The first-order chi connectivity index (χ1) is 6.86. The third kappa shape index (κ3) is 2.12. The first kappa shape index (κ1) is 9.23. The van der Waals surface area contributed by atoms with Crippen LogP contribution >= 0.6 is 11.3 Å².